The van der Waals surface area contributed by atoms with E-state index in [0.29, 0.717) is 12.5 Å². The average molecular weight is 227 g/mol. The molecule has 0 radical (unpaired) electrons. The average Bonchev–Trinajstić information content (AvgIpc) is 2.20. The first-order valence-corrected chi connectivity index (χ1v) is 5.87. The van der Waals surface area contributed by atoms with E-state index in [1.807, 2.05) is 13.0 Å². The van der Waals surface area contributed by atoms with Crippen LogP contribution in [0.1, 0.15) is 37.3 Å². The molecule has 0 fully saturated rings. The Morgan fingerprint density at radius 1 is 1.33 bits per heavy atom. The summed E-state index contributed by atoms with van der Waals surface area (Å²) >= 11 is 6.37. The summed E-state index contributed by atoms with van der Waals surface area (Å²) in [6.07, 6.45) is 0. The standard InChI is InChI=1S/C13H19ClO/c1-5-15-12-7-6-10(4)8-11(12)13(14)9(2)3/h6-9,13H,5H2,1-4H3. The molecule has 0 bridgehead atoms. The Labute approximate surface area is 97.4 Å². The first-order chi connectivity index (χ1) is 7.06. The van der Waals surface area contributed by atoms with Crippen molar-refractivity contribution in [2.75, 3.05) is 6.61 Å². The summed E-state index contributed by atoms with van der Waals surface area (Å²) in [6.45, 7) is 8.98. The van der Waals surface area contributed by atoms with Crippen molar-refractivity contribution in [3.05, 3.63) is 29.3 Å². The molecule has 1 unspecified atom stereocenters. The van der Waals surface area contributed by atoms with Gasteiger partial charge >= 0.3 is 0 Å². The van der Waals surface area contributed by atoms with Crippen LogP contribution in [0.25, 0.3) is 0 Å². The van der Waals surface area contributed by atoms with Crippen molar-refractivity contribution < 1.29 is 4.74 Å². The number of halogens is 1. The van der Waals surface area contributed by atoms with Crippen LogP contribution in [0.15, 0.2) is 18.2 Å². The topological polar surface area (TPSA) is 9.23 Å². The zero-order chi connectivity index (χ0) is 11.4. The summed E-state index contributed by atoms with van der Waals surface area (Å²) in [7, 11) is 0. The minimum Gasteiger partial charge on any atom is -0.494 e. The van der Waals surface area contributed by atoms with Gasteiger partial charge in [-0.3, -0.25) is 0 Å². The second-order valence-electron chi connectivity index (χ2n) is 4.12. The van der Waals surface area contributed by atoms with E-state index >= 15 is 0 Å². The molecule has 0 N–H and O–H groups in total. The molecule has 1 aromatic carbocycles. The fourth-order valence-electron chi connectivity index (χ4n) is 1.53. The normalized spacial score (nSPS) is 12.9. The lowest BCUT2D eigenvalue weighted by Crippen LogP contribution is -2.04. The van der Waals surface area contributed by atoms with Crippen LogP contribution in [0.4, 0.5) is 0 Å². The molecule has 84 valence electrons. The molecule has 15 heavy (non-hydrogen) atoms. The van der Waals surface area contributed by atoms with Gasteiger partial charge in [-0.1, -0.05) is 31.5 Å². The van der Waals surface area contributed by atoms with Gasteiger partial charge in [0.05, 0.1) is 12.0 Å². The largest absolute Gasteiger partial charge is 0.494 e. The molecule has 0 aliphatic heterocycles. The lowest BCUT2D eigenvalue weighted by molar-refractivity contribution is 0.334. The van der Waals surface area contributed by atoms with Crippen molar-refractivity contribution in [2.45, 2.75) is 33.1 Å². The van der Waals surface area contributed by atoms with E-state index in [-0.39, 0.29) is 5.38 Å². The third-order valence-electron chi connectivity index (χ3n) is 2.35. The fourth-order valence-corrected chi connectivity index (χ4v) is 1.70. The van der Waals surface area contributed by atoms with Crippen LogP contribution in [0.2, 0.25) is 0 Å². The Kier molecular flexibility index (Phi) is 4.46. The molecule has 1 rings (SSSR count). The molecular weight excluding hydrogens is 208 g/mol. The van der Waals surface area contributed by atoms with Crippen LogP contribution in [0.5, 0.6) is 5.75 Å². The highest BCUT2D eigenvalue weighted by Crippen LogP contribution is 2.35. The summed E-state index contributed by atoms with van der Waals surface area (Å²) in [5.74, 6) is 1.32. The highest BCUT2D eigenvalue weighted by Gasteiger charge is 2.17. The third kappa shape index (κ3) is 3.13. The summed E-state index contributed by atoms with van der Waals surface area (Å²) in [6, 6.07) is 6.17. The molecule has 2 heteroatoms. The van der Waals surface area contributed by atoms with E-state index in [1.54, 1.807) is 0 Å². The van der Waals surface area contributed by atoms with Gasteiger partial charge in [0.2, 0.25) is 0 Å². The maximum absolute atomic E-state index is 6.37. The predicted molar refractivity (Wildman–Crippen MR) is 65.8 cm³/mol. The second-order valence-corrected chi connectivity index (χ2v) is 4.59. The number of hydrogen-bond donors (Lipinski definition) is 0. The monoisotopic (exact) mass is 226 g/mol. The molecular formula is C13H19ClO. The van der Waals surface area contributed by atoms with Gasteiger partial charge < -0.3 is 4.74 Å². The minimum atomic E-state index is 0.0199. The van der Waals surface area contributed by atoms with Crippen LogP contribution >= 0.6 is 11.6 Å². The zero-order valence-corrected chi connectivity index (χ0v) is 10.6. The number of aryl methyl sites for hydroxylation is 1. The van der Waals surface area contributed by atoms with Crippen molar-refractivity contribution in [3.63, 3.8) is 0 Å². The van der Waals surface area contributed by atoms with Crippen LogP contribution in [0.3, 0.4) is 0 Å². The Morgan fingerprint density at radius 2 is 2.00 bits per heavy atom. The maximum atomic E-state index is 6.37. The van der Waals surface area contributed by atoms with Crippen molar-refractivity contribution in [1.82, 2.24) is 0 Å². The Morgan fingerprint density at radius 3 is 2.53 bits per heavy atom. The lowest BCUT2D eigenvalue weighted by Gasteiger charge is -2.18. The molecule has 0 saturated carbocycles. The van der Waals surface area contributed by atoms with Gasteiger partial charge in [0.15, 0.2) is 0 Å². The van der Waals surface area contributed by atoms with Gasteiger partial charge in [0.1, 0.15) is 5.75 Å². The zero-order valence-electron chi connectivity index (χ0n) is 9.88. The Hall–Kier alpha value is -0.690. The summed E-state index contributed by atoms with van der Waals surface area (Å²) in [5, 5.41) is 0.0199. The third-order valence-corrected chi connectivity index (χ3v) is 3.09. The van der Waals surface area contributed by atoms with E-state index in [2.05, 4.69) is 32.9 Å². The first kappa shape index (κ1) is 12.4. The molecule has 0 amide bonds. The van der Waals surface area contributed by atoms with Crippen molar-refractivity contribution in [1.29, 1.82) is 0 Å². The Balaban J connectivity index is 3.06. The predicted octanol–water partition coefficient (Wildman–Crippen LogP) is 4.33. The number of hydrogen-bond acceptors (Lipinski definition) is 1. The molecule has 0 spiro atoms. The molecule has 1 aromatic rings. The number of benzene rings is 1. The molecule has 0 aliphatic carbocycles. The molecule has 1 atom stereocenters. The quantitative estimate of drug-likeness (QED) is 0.695. The SMILES string of the molecule is CCOc1ccc(C)cc1C(Cl)C(C)C. The summed E-state index contributed by atoms with van der Waals surface area (Å²) < 4.78 is 5.58. The number of alkyl halides is 1. The van der Waals surface area contributed by atoms with E-state index < -0.39 is 0 Å². The highest BCUT2D eigenvalue weighted by atomic mass is 35.5. The Bertz CT molecular complexity index is 320. The number of rotatable bonds is 4. The molecule has 1 nitrogen and oxygen atoms in total. The first-order valence-electron chi connectivity index (χ1n) is 5.43. The van der Waals surface area contributed by atoms with Crippen LogP contribution in [-0.4, -0.2) is 6.61 Å². The molecule has 0 aliphatic rings. The van der Waals surface area contributed by atoms with E-state index in [1.165, 1.54) is 5.56 Å². The van der Waals surface area contributed by atoms with Gasteiger partial charge in [0, 0.05) is 5.56 Å². The molecule has 0 aromatic heterocycles. The van der Waals surface area contributed by atoms with Crippen molar-refractivity contribution >= 4 is 11.6 Å². The van der Waals surface area contributed by atoms with Crippen molar-refractivity contribution in [3.8, 4) is 5.75 Å². The van der Waals surface area contributed by atoms with Gasteiger partial charge in [-0.2, -0.15) is 0 Å². The smallest absolute Gasteiger partial charge is 0.123 e. The van der Waals surface area contributed by atoms with Gasteiger partial charge in [-0.15, -0.1) is 11.6 Å². The van der Waals surface area contributed by atoms with Gasteiger partial charge in [-0.05, 0) is 25.8 Å². The van der Waals surface area contributed by atoms with E-state index in [4.69, 9.17) is 16.3 Å². The minimum absolute atomic E-state index is 0.0199. The fraction of sp³-hybridized carbons (Fsp3) is 0.538. The lowest BCUT2D eigenvalue weighted by atomic mass is 9.99. The van der Waals surface area contributed by atoms with Crippen LogP contribution in [-0.2, 0) is 0 Å². The maximum Gasteiger partial charge on any atom is 0.123 e. The van der Waals surface area contributed by atoms with Gasteiger partial charge in [0.25, 0.3) is 0 Å². The number of ether oxygens (including phenoxy) is 1. The van der Waals surface area contributed by atoms with E-state index in [0.717, 1.165) is 11.3 Å². The molecule has 0 heterocycles. The van der Waals surface area contributed by atoms with Crippen LogP contribution < -0.4 is 4.74 Å². The highest BCUT2D eigenvalue weighted by molar-refractivity contribution is 6.21. The summed E-state index contributed by atoms with van der Waals surface area (Å²) in [5.41, 5.74) is 2.33. The summed E-state index contributed by atoms with van der Waals surface area (Å²) in [4.78, 5) is 0. The van der Waals surface area contributed by atoms with E-state index in [9.17, 15) is 0 Å². The second kappa shape index (κ2) is 5.41. The van der Waals surface area contributed by atoms with Crippen molar-refractivity contribution in [2.24, 2.45) is 5.92 Å². The van der Waals surface area contributed by atoms with Gasteiger partial charge in [-0.25, -0.2) is 0 Å². The molecule has 0 saturated heterocycles. The van der Waals surface area contributed by atoms with Crippen LogP contribution in [0, 0.1) is 12.8 Å².